The molecule has 1 heterocycles. The molecule has 140 valence electrons. The summed E-state index contributed by atoms with van der Waals surface area (Å²) in [6, 6.07) is -0.640. The van der Waals surface area contributed by atoms with Crippen LogP contribution >= 0.6 is 11.3 Å². The number of nitrogens with one attached hydrogen (secondary N) is 3. The summed E-state index contributed by atoms with van der Waals surface area (Å²) in [5.41, 5.74) is -0.343. The number of rotatable bonds is 7. The summed E-state index contributed by atoms with van der Waals surface area (Å²) in [6.45, 7) is 9.82. The van der Waals surface area contributed by atoms with Crippen LogP contribution in [-0.2, 0) is 9.53 Å². The number of ether oxygens (including phenoxy) is 1. The van der Waals surface area contributed by atoms with E-state index < -0.39 is 30.1 Å². The molecule has 3 N–H and O–H groups in total. The van der Waals surface area contributed by atoms with Gasteiger partial charge in [-0.05, 0) is 33.1 Å². The monoisotopic (exact) mass is 370 g/mol. The van der Waals surface area contributed by atoms with Crippen LogP contribution in [0.1, 0.15) is 51.5 Å². The number of carbonyl (C=O) groups is 3. The Morgan fingerprint density at radius 2 is 1.96 bits per heavy atom. The van der Waals surface area contributed by atoms with Crippen LogP contribution in [0.2, 0.25) is 0 Å². The number of esters is 1. The summed E-state index contributed by atoms with van der Waals surface area (Å²) in [6.07, 6.45) is 0.996. The Kier molecular flexibility index (Phi) is 7.82. The van der Waals surface area contributed by atoms with Crippen LogP contribution in [0.3, 0.4) is 0 Å². The lowest BCUT2D eigenvalue weighted by atomic mass is 10.1. The van der Waals surface area contributed by atoms with E-state index in [1.165, 1.54) is 11.3 Å². The van der Waals surface area contributed by atoms with Gasteiger partial charge in [-0.2, -0.15) is 0 Å². The maximum atomic E-state index is 11.9. The number of urea groups is 1. The Morgan fingerprint density at radius 1 is 1.28 bits per heavy atom. The predicted molar refractivity (Wildman–Crippen MR) is 96.8 cm³/mol. The molecule has 0 radical (unpaired) electrons. The van der Waals surface area contributed by atoms with Gasteiger partial charge >= 0.3 is 12.0 Å². The highest BCUT2D eigenvalue weighted by Crippen LogP contribution is 2.16. The van der Waals surface area contributed by atoms with Gasteiger partial charge in [0.25, 0.3) is 5.91 Å². The maximum Gasteiger partial charge on any atom is 0.358 e. The second-order valence-electron chi connectivity index (χ2n) is 6.98. The van der Waals surface area contributed by atoms with Crippen LogP contribution in [0.15, 0.2) is 5.38 Å². The van der Waals surface area contributed by atoms with Gasteiger partial charge in [0.1, 0.15) is 0 Å². The molecule has 25 heavy (non-hydrogen) atoms. The highest BCUT2D eigenvalue weighted by molar-refractivity contribution is 7.13. The average Bonchev–Trinajstić information content (AvgIpc) is 2.91. The second-order valence-corrected chi connectivity index (χ2v) is 7.83. The smallest absolute Gasteiger partial charge is 0.358 e. The lowest BCUT2D eigenvalue weighted by Gasteiger charge is -2.20. The number of hydrogen-bond acceptors (Lipinski definition) is 7. The number of aromatic nitrogens is 1. The van der Waals surface area contributed by atoms with E-state index in [0.717, 1.165) is 13.0 Å². The van der Waals surface area contributed by atoms with Gasteiger partial charge in [0.05, 0.1) is 0 Å². The first-order valence-electron chi connectivity index (χ1n) is 8.05. The Hall–Kier alpha value is -2.16. The van der Waals surface area contributed by atoms with Crippen molar-refractivity contribution in [2.45, 2.75) is 46.6 Å². The molecule has 3 amide bonds. The topological polar surface area (TPSA) is 109 Å². The highest BCUT2D eigenvalue weighted by atomic mass is 32.1. The van der Waals surface area contributed by atoms with Crippen LogP contribution < -0.4 is 16.0 Å². The van der Waals surface area contributed by atoms with Crippen LogP contribution in [0, 0.1) is 5.92 Å². The van der Waals surface area contributed by atoms with E-state index in [0.29, 0.717) is 11.0 Å². The summed E-state index contributed by atoms with van der Waals surface area (Å²) in [5, 5.41) is 9.98. The van der Waals surface area contributed by atoms with Crippen molar-refractivity contribution in [2.24, 2.45) is 5.92 Å². The van der Waals surface area contributed by atoms with E-state index in [2.05, 4.69) is 34.8 Å². The fraction of sp³-hybridized carbons (Fsp3) is 0.625. The van der Waals surface area contributed by atoms with Gasteiger partial charge < -0.3 is 15.4 Å². The molecule has 0 saturated heterocycles. The summed E-state index contributed by atoms with van der Waals surface area (Å²) in [5.74, 6) is -0.842. The minimum absolute atomic E-state index is 0.129. The molecule has 0 aliphatic carbocycles. The normalized spacial score (nSPS) is 11.1. The van der Waals surface area contributed by atoms with Crippen LogP contribution in [0.5, 0.6) is 0 Å². The fourth-order valence-electron chi connectivity index (χ4n) is 1.66. The third kappa shape index (κ3) is 9.04. The predicted octanol–water partition coefficient (Wildman–Crippen LogP) is 2.38. The number of hydrogen-bond donors (Lipinski definition) is 3. The number of imide groups is 1. The molecule has 0 bridgehead atoms. The van der Waals surface area contributed by atoms with Crippen LogP contribution in [0.25, 0.3) is 0 Å². The van der Waals surface area contributed by atoms with Gasteiger partial charge in [-0.1, -0.05) is 13.8 Å². The SMILES string of the molecule is CC(C)CCNc1nc(C(=O)OCC(=O)NC(=O)NC(C)(C)C)cs1. The fourth-order valence-corrected chi connectivity index (χ4v) is 2.36. The van der Waals surface area contributed by atoms with Crippen molar-refractivity contribution < 1.29 is 19.1 Å². The van der Waals surface area contributed by atoms with Crippen molar-refractivity contribution in [1.29, 1.82) is 0 Å². The van der Waals surface area contributed by atoms with Gasteiger partial charge in [-0.15, -0.1) is 11.3 Å². The lowest BCUT2D eigenvalue weighted by molar-refractivity contribution is -0.123. The van der Waals surface area contributed by atoms with Crippen molar-refractivity contribution in [3.8, 4) is 0 Å². The van der Waals surface area contributed by atoms with Crippen molar-refractivity contribution in [3.05, 3.63) is 11.1 Å². The van der Waals surface area contributed by atoms with E-state index >= 15 is 0 Å². The molecule has 0 atom stereocenters. The molecular weight excluding hydrogens is 344 g/mol. The molecule has 9 heteroatoms. The molecule has 0 fully saturated rings. The molecule has 0 unspecified atom stereocenters. The Morgan fingerprint density at radius 3 is 2.56 bits per heavy atom. The average molecular weight is 370 g/mol. The summed E-state index contributed by atoms with van der Waals surface area (Å²) >= 11 is 1.29. The van der Waals surface area contributed by atoms with Gasteiger partial charge in [0.15, 0.2) is 17.4 Å². The van der Waals surface area contributed by atoms with Crippen molar-refractivity contribution in [1.82, 2.24) is 15.6 Å². The minimum atomic E-state index is -0.709. The summed E-state index contributed by atoms with van der Waals surface area (Å²) in [4.78, 5) is 39.1. The molecule has 1 rings (SSSR count). The molecule has 1 aromatic heterocycles. The van der Waals surface area contributed by atoms with Crippen molar-refractivity contribution in [2.75, 3.05) is 18.5 Å². The molecule has 0 aliphatic heterocycles. The zero-order valence-electron chi connectivity index (χ0n) is 15.3. The quantitative estimate of drug-likeness (QED) is 0.636. The largest absolute Gasteiger partial charge is 0.451 e. The van der Waals surface area contributed by atoms with Gasteiger partial charge in [-0.3, -0.25) is 10.1 Å². The van der Waals surface area contributed by atoms with Crippen LogP contribution in [-0.4, -0.2) is 41.6 Å². The Bertz CT molecular complexity index is 608. The lowest BCUT2D eigenvalue weighted by Crippen LogP contribution is -2.49. The van der Waals surface area contributed by atoms with Gasteiger partial charge in [-0.25, -0.2) is 14.6 Å². The number of nitrogens with zero attached hydrogens (tertiary/aromatic N) is 1. The number of thiazole rings is 1. The molecule has 8 nitrogen and oxygen atoms in total. The van der Waals surface area contributed by atoms with E-state index in [9.17, 15) is 14.4 Å². The summed E-state index contributed by atoms with van der Waals surface area (Å²) < 4.78 is 4.86. The number of amides is 3. The van der Waals surface area contributed by atoms with Crippen molar-refractivity contribution >= 4 is 34.4 Å². The number of carbonyl (C=O) groups excluding carboxylic acids is 3. The summed E-state index contributed by atoms with van der Waals surface area (Å²) in [7, 11) is 0. The van der Waals surface area contributed by atoms with Crippen molar-refractivity contribution in [3.63, 3.8) is 0 Å². The first kappa shape index (κ1) is 20.9. The molecule has 0 aromatic carbocycles. The zero-order chi connectivity index (χ0) is 19.0. The molecule has 1 aromatic rings. The molecular formula is C16H26N4O4S. The van der Waals surface area contributed by atoms with E-state index in [1.54, 1.807) is 26.2 Å². The standard InChI is InChI=1S/C16H26N4O4S/c1-10(2)6-7-17-15-18-11(9-25-15)13(22)24-8-12(21)19-14(23)20-16(3,4)5/h9-10H,6-8H2,1-5H3,(H,17,18)(H2,19,20,21,23). The van der Waals surface area contributed by atoms with Gasteiger partial charge in [0.2, 0.25) is 0 Å². The Labute approximate surface area is 151 Å². The molecule has 0 aliphatic rings. The minimum Gasteiger partial charge on any atom is -0.451 e. The number of anilines is 1. The van der Waals surface area contributed by atoms with E-state index in [4.69, 9.17) is 4.74 Å². The van der Waals surface area contributed by atoms with Gasteiger partial charge in [0, 0.05) is 17.5 Å². The first-order valence-corrected chi connectivity index (χ1v) is 8.93. The molecule has 0 saturated carbocycles. The maximum absolute atomic E-state index is 11.9. The third-order valence-corrected chi connectivity index (χ3v) is 3.59. The van der Waals surface area contributed by atoms with E-state index in [-0.39, 0.29) is 5.69 Å². The van der Waals surface area contributed by atoms with E-state index in [1.807, 2.05) is 0 Å². The Balaban J connectivity index is 2.37. The van der Waals surface area contributed by atoms with Crippen LogP contribution in [0.4, 0.5) is 9.93 Å². The molecule has 0 spiro atoms. The zero-order valence-corrected chi connectivity index (χ0v) is 16.1. The first-order chi connectivity index (χ1) is 11.6. The highest BCUT2D eigenvalue weighted by Gasteiger charge is 2.18. The third-order valence-electron chi connectivity index (χ3n) is 2.79. The second kappa shape index (κ2) is 9.36.